The van der Waals surface area contributed by atoms with Gasteiger partial charge >= 0.3 is 0 Å². The summed E-state index contributed by atoms with van der Waals surface area (Å²) in [5, 5.41) is 18.1. The normalized spacial score (nSPS) is 11.1. The van der Waals surface area contributed by atoms with Crippen molar-refractivity contribution in [3.63, 3.8) is 0 Å². The molecule has 0 unspecified atom stereocenters. The summed E-state index contributed by atoms with van der Waals surface area (Å²) in [4.78, 5) is 0. The molecule has 0 heterocycles. The molecule has 0 aliphatic rings. The molecule has 6 heteroatoms. The first-order valence-electron chi connectivity index (χ1n) is 4.29. The summed E-state index contributed by atoms with van der Waals surface area (Å²) in [7, 11) is 1.46. The second-order valence-corrected chi connectivity index (χ2v) is 3.88. The van der Waals surface area contributed by atoms with Crippen molar-refractivity contribution in [1.29, 1.82) is 5.26 Å². The average Bonchev–Trinajstić information content (AvgIpc) is 2.22. The zero-order chi connectivity index (χ0) is 11.4. The lowest BCUT2D eigenvalue weighted by atomic mass is 10.0. The number of hydrogen-bond donors (Lipinski definition) is 2. The molecule has 0 saturated heterocycles. The van der Waals surface area contributed by atoms with E-state index in [1.807, 2.05) is 6.07 Å². The van der Waals surface area contributed by atoms with Gasteiger partial charge in [0.2, 0.25) is 0 Å². The summed E-state index contributed by atoms with van der Waals surface area (Å²) >= 11 is 3.19. The molecule has 0 amide bonds. The van der Waals surface area contributed by atoms with Gasteiger partial charge in [-0.05, 0) is 33.6 Å². The third-order valence-electron chi connectivity index (χ3n) is 2.01. The van der Waals surface area contributed by atoms with Gasteiger partial charge in [-0.3, -0.25) is 0 Å². The van der Waals surface area contributed by atoms with Gasteiger partial charge in [0.05, 0.1) is 24.1 Å². The van der Waals surface area contributed by atoms with Crippen molar-refractivity contribution in [2.24, 2.45) is 5.73 Å². The molecule has 1 rings (SSSR count). The zero-order valence-electron chi connectivity index (χ0n) is 8.61. The molecule has 0 aliphatic heterocycles. The Bertz CT molecular complexity index is 407. The number of methoxy groups -OCH3 is 1. The van der Waals surface area contributed by atoms with Gasteiger partial charge in [0.1, 0.15) is 0 Å². The molecule has 1 aromatic carbocycles. The molecular formula is C10H12BrClN2O2. The van der Waals surface area contributed by atoms with E-state index in [0.29, 0.717) is 10.2 Å². The van der Waals surface area contributed by atoms with Crippen molar-refractivity contribution in [2.75, 3.05) is 7.11 Å². The summed E-state index contributed by atoms with van der Waals surface area (Å²) in [6.45, 7) is 0. The second-order valence-electron chi connectivity index (χ2n) is 3.02. The minimum absolute atomic E-state index is 0. The Labute approximate surface area is 109 Å². The van der Waals surface area contributed by atoms with Gasteiger partial charge in [-0.2, -0.15) is 5.26 Å². The van der Waals surface area contributed by atoms with Crippen LogP contribution in [0.4, 0.5) is 0 Å². The summed E-state index contributed by atoms with van der Waals surface area (Å²) in [6, 6.07) is 4.93. The molecule has 1 atom stereocenters. The van der Waals surface area contributed by atoms with Crippen molar-refractivity contribution >= 4 is 28.3 Å². The molecule has 3 N–H and O–H groups in total. The van der Waals surface area contributed by atoms with Crippen molar-refractivity contribution in [3.05, 3.63) is 22.2 Å². The molecule has 0 radical (unpaired) electrons. The van der Waals surface area contributed by atoms with Crippen molar-refractivity contribution in [1.82, 2.24) is 0 Å². The van der Waals surface area contributed by atoms with Gasteiger partial charge in [0.25, 0.3) is 0 Å². The number of halogens is 2. The molecular weight excluding hydrogens is 295 g/mol. The van der Waals surface area contributed by atoms with Gasteiger partial charge in [-0.1, -0.05) is 0 Å². The average molecular weight is 308 g/mol. The third-order valence-corrected chi connectivity index (χ3v) is 2.61. The third kappa shape index (κ3) is 3.27. The van der Waals surface area contributed by atoms with Crippen LogP contribution in [0.15, 0.2) is 16.6 Å². The van der Waals surface area contributed by atoms with Gasteiger partial charge in [-0.15, -0.1) is 12.4 Å². The number of phenols is 1. The van der Waals surface area contributed by atoms with Crippen LogP contribution in [0.5, 0.6) is 11.5 Å². The van der Waals surface area contributed by atoms with Crippen LogP contribution in [0.2, 0.25) is 0 Å². The first-order valence-corrected chi connectivity index (χ1v) is 5.08. The van der Waals surface area contributed by atoms with Gasteiger partial charge < -0.3 is 15.6 Å². The number of hydrogen-bond acceptors (Lipinski definition) is 4. The van der Waals surface area contributed by atoms with Crippen molar-refractivity contribution in [2.45, 2.75) is 12.5 Å². The second kappa shape index (κ2) is 6.59. The molecule has 0 bridgehead atoms. The Kier molecular flexibility index (Phi) is 6.19. The summed E-state index contributed by atoms with van der Waals surface area (Å²) in [6.07, 6.45) is 0.223. The van der Waals surface area contributed by atoms with E-state index < -0.39 is 0 Å². The SMILES string of the molecule is COc1cc([C@H](N)CC#N)cc(Br)c1O.Cl. The van der Waals surface area contributed by atoms with E-state index in [4.69, 9.17) is 15.7 Å². The number of nitriles is 1. The zero-order valence-corrected chi connectivity index (χ0v) is 11.0. The molecule has 1 aromatic rings. The maximum absolute atomic E-state index is 9.56. The van der Waals surface area contributed by atoms with Crippen molar-refractivity contribution in [3.8, 4) is 17.6 Å². The lowest BCUT2D eigenvalue weighted by molar-refractivity contribution is 0.371. The fourth-order valence-corrected chi connectivity index (χ4v) is 1.64. The van der Waals surface area contributed by atoms with Crippen LogP contribution >= 0.6 is 28.3 Å². The number of nitrogens with two attached hydrogens (primary N) is 1. The highest BCUT2D eigenvalue weighted by molar-refractivity contribution is 9.10. The fourth-order valence-electron chi connectivity index (χ4n) is 1.18. The predicted octanol–water partition coefficient (Wildman–Crippen LogP) is 2.50. The highest BCUT2D eigenvalue weighted by atomic mass is 79.9. The summed E-state index contributed by atoms with van der Waals surface area (Å²) in [5.41, 5.74) is 6.52. The Hall–Kier alpha value is -0.960. The summed E-state index contributed by atoms with van der Waals surface area (Å²) in [5.74, 6) is 0.373. The van der Waals surface area contributed by atoms with Crippen LogP contribution in [0, 0.1) is 11.3 Å². The first-order chi connectivity index (χ1) is 7.10. The van der Waals surface area contributed by atoms with Crippen LogP contribution in [0.1, 0.15) is 18.0 Å². The van der Waals surface area contributed by atoms with Crippen molar-refractivity contribution < 1.29 is 9.84 Å². The van der Waals surface area contributed by atoms with Gasteiger partial charge in [0, 0.05) is 6.04 Å². The largest absolute Gasteiger partial charge is 0.503 e. The monoisotopic (exact) mass is 306 g/mol. The molecule has 0 aliphatic carbocycles. The minimum Gasteiger partial charge on any atom is -0.503 e. The lowest BCUT2D eigenvalue weighted by Gasteiger charge is -2.12. The lowest BCUT2D eigenvalue weighted by Crippen LogP contribution is -2.09. The number of aromatic hydroxyl groups is 1. The Morgan fingerprint density at radius 2 is 2.25 bits per heavy atom. The maximum atomic E-state index is 9.56. The van der Waals surface area contributed by atoms with E-state index in [1.54, 1.807) is 12.1 Å². The van der Waals surface area contributed by atoms with E-state index in [0.717, 1.165) is 5.56 Å². The fraction of sp³-hybridized carbons (Fsp3) is 0.300. The van der Waals surface area contributed by atoms with Gasteiger partial charge in [0.15, 0.2) is 11.5 Å². The molecule has 16 heavy (non-hydrogen) atoms. The van der Waals surface area contributed by atoms with Crippen LogP contribution in [-0.4, -0.2) is 12.2 Å². The molecule has 88 valence electrons. The Balaban J connectivity index is 0.00000225. The smallest absolute Gasteiger partial charge is 0.172 e. The first kappa shape index (κ1) is 15.0. The van der Waals surface area contributed by atoms with Crippen LogP contribution in [0.3, 0.4) is 0 Å². The number of benzene rings is 1. The van der Waals surface area contributed by atoms with Crippen LogP contribution in [0.25, 0.3) is 0 Å². The van der Waals surface area contributed by atoms with E-state index in [1.165, 1.54) is 7.11 Å². The number of rotatable bonds is 3. The van der Waals surface area contributed by atoms with Gasteiger partial charge in [-0.25, -0.2) is 0 Å². The highest BCUT2D eigenvalue weighted by Crippen LogP contribution is 2.36. The number of nitrogens with zero attached hydrogens (tertiary/aromatic N) is 1. The van der Waals surface area contributed by atoms with Crippen LogP contribution in [-0.2, 0) is 0 Å². The Morgan fingerprint density at radius 1 is 1.62 bits per heavy atom. The maximum Gasteiger partial charge on any atom is 0.172 e. The minimum atomic E-state index is -0.374. The molecule has 4 nitrogen and oxygen atoms in total. The molecule has 0 spiro atoms. The molecule has 0 fully saturated rings. The predicted molar refractivity (Wildman–Crippen MR) is 66.8 cm³/mol. The Morgan fingerprint density at radius 3 is 2.75 bits per heavy atom. The summed E-state index contributed by atoms with van der Waals surface area (Å²) < 4.78 is 5.48. The molecule has 0 saturated carbocycles. The van der Waals surface area contributed by atoms with E-state index in [2.05, 4.69) is 15.9 Å². The number of phenolic OH excluding ortho intramolecular Hbond substituents is 1. The van der Waals surface area contributed by atoms with E-state index in [-0.39, 0.29) is 30.6 Å². The topological polar surface area (TPSA) is 79.3 Å². The quantitative estimate of drug-likeness (QED) is 0.899. The number of ether oxygens (including phenoxy) is 1. The standard InChI is InChI=1S/C10H11BrN2O2.ClH/c1-15-9-5-6(8(13)2-3-12)4-7(11)10(9)14;/h4-5,8,14H,2,13H2,1H3;1H/t8-;/m1./s1. The molecule has 0 aromatic heterocycles. The van der Waals surface area contributed by atoms with Crippen LogP contribution < -0.4 is 10.5 Å². The van der Waals surface area contributed by atoms with E-state index >= 15 is 0 Å². The highest BCUT2D eigenvalue weighted by Gasteiger charge is 2.12. The van der Waals surface area contributed by atoms with E-state index in [9.17, 15) is 5.11 Å².